The lowest BCUT2D eigenvalue weighted by Crippen LogP contribution is -2.48. The molecule has 1 aliphatic rings. The van der Waals surface area contributed by atoms with E-state index in [2.05, 4.69) is 0 Å². The van der Waals surface area contributed by atoms with Crippen molar-refractivity contribution in [2.24, 2.45) is 0 Å². The van der Waals surface area contributed by atoms with Crippen LogP contribution in [0.5, 0.6) is 0 Å². The summed E-state index contributed by atoms with van der Waals surface area (Å²) in [6, 6.07) is 12.3. The van der Waals surface area contributed by atoms with Crippen LogP contribution in [-0.4, -0.2) is 55.4 Å². The van der Waals surface area contributed by atoms with Crippen molar-refractivity contribution >= 4 is 32.5 Å². The normalized spacial score (nSPS) is 19.3. The molecular weight excluding hydrogens is 378 g/mol. The number of esters is 1. The van der Waals surface area contributed by atoms with Crippen LogP contribution in [0.1, 0.15) is 37.0 Å². The Balaban J connectivity index is 1.72. The van der Waals surface area contributed by atoms with E-state index in [-0.39, 0.29) is 29.5 Å². The first-order valence-electron chi connectivity index (χ1n) is 9.49. The fraction of sp³-hybridized carbons (Fsp3) is 0.429. The number of benzene rings is 2. The molecule has 1 saturated heterocycles. The highest BCUT2D eigenvalue weighted by Crippen LogP contribution is 2.22. The van der Waals surface area contributed by atoms with E-state index in [0.717, 1.165) is 10.8 Å². The van der Waals surface area contributed by atoms with Gasteiger partial charge in [-0.2, -0.15) is 0 Å². The summed E-state index contributed by atoms with van der Waals surface area (Å²) in [5, 5.41) is 1.68. The van der Waals surface area contributed by atoms with E-state index >= 15 is 0 Å². The van der Waals surface area contributed by atoms with Gasteiger partial charge in [-0.05, 0) is 36.6 Å². The van der Waals surface area contributed by atoms with Crippen LogP contribution in [0.2, 0.25) is 0 Å². The summed E-state index contributed by atoms with van der Waals surface area (Å²) in [4.78, 5) is 26.9. The second-order valence-electron chi connectivity index (χ2n) is 7.22. The Morgan fingerprint density at radius 2 is 1.89 bits per heavy atom. The monoisotopic (exact) mass is 403 g/mol. The molecule has 0 radical (unpaired) electrons. The molecule has 1 aliphatic heterocycles. The average Bonchev–Trinajstić information content (AvgIpc) is 3.04. The molecule has 150 valence electrons. The van der Waals surface area contributed by atoms with Crippen LogP contribution in [0.4, 0.5) is 0 Å². The summed E-state index contributed by atoms with van der Waals surface area (Å²) in [5.41, 5.74) is 0.407. The van der Waals surface area contributed by atoms with Gasteiger partial charge < -0.3 is 9.64 Å². The van der Waals surface area contributed by atoms with Gasteiger partial charge in [-0.1, -0.05) is 43.3 Å². The van der Waals surface area contributed by atoms with Gasteiger partial charge in [0.05, 0.1) is 17.1 Å². The molecule has 0 spiro atoms. The predicted molar refractivity (Wildman–Crippen MR) is 108 cm³/mol. The van der Waals surface area contributed by atoms with Crippen molar-refractivity contribution in [3.63, 3.8) is 0 Å². The smallest absolute Gasteiger partial charge is 0.339 e. The van der Waals surface area contributed by atoms with E-state index in [0.29, 0.717) is 18.4 Å². The molecule has 1 heterocycles. The maximum atomic E-state index is 12.8. The maximum Gasteiger partial charge on any atom is 0.339 e. The Labute approximate surface area is 165 Å². The topological polar surface area (TPSA) is 80.8 Å². The Kier molecular flexibility index (Phi) is 6.03. The van der Waals surface area contributed by atoms with E-state index in [9.17, 15) is 18.0 Å². The molecule has 0 saturated carbocycles. The van der Waals surface area contributed by atoms with E-state index in [4.69, 9.17) is 4.74 Å². The number of hydrogen-bond donors (Lipinski definition) is 0. The van der Waals surface area contributed by atoms with Gasteiger partial charge in [0.25, 0.3) is 5.91 Å². The summed E-state index contributed by atoms with van der Waals surface area (Å²) >= 11 is 0. The molecular formula is C21H25NO5S. The first-order chi connectivity index (χ1) is 13.3. The van der Waals surface area contributed by atoms with E-state index in [1.54, 1.807) is 17.0 Å². The van der Waals surface area contributed by atoms with E-state index in [1.165, 1.54) is 0 Å². The van der Waals surface area contributed by atoms with Crippen LogP contribution in [0.3, 0.4) is 0 Å². The molecule has 0 aliphatic carbocycles. The third-order valence-electron chi connectivity index (χ3n) is 5.29. The molecule has 2 atom stereocenters. The van der Waals surface area contributed by atoms with Crippen LogP contribution in [-0.2, 0) is 19.4 Å². The van der Waals surface area contributed by atoms with Crippen molar-refractivity contribution in [1.82, 2.24) is 4.90 Å². The second-order valence-corrected chi connectivity index (χ2v) is 9.45. The summed E-state index contributed by atoms with van der Waals surface area (Å²) < 4.78 is 29.0. The Morgan fingerprint density at radius 3 is 2.57 bits per heavy atom. The minimum atomic E-state index is -3.12. The van der Waals surface area contributed by atoms with Crippen LogP contribution in [0.25, 0.3) is 10.8 Å². The van der Waals surface area contributed by atoms with Gasteiger partial charge in [-0.3, -0.25) is 4.79 Å². The van der Waals surface area contributed by atoms with Gasteiger partial charge in [0.2, 0.25) is 0 Å². The van der Waals surface area contributed by atoms with Crippen molar-refractivity contribution in [1.29, 1.82) is 0 Å². The van der Waals surface area contributed by atoms with E-state index < -0.39 is 22.4 Å². The van der Waals surface area contributed by atoms with Gasteiger partial charge >= 0.3 is 5.97 Å². The molecule has 1 amide bonds. The number of carbonyl (C=O) groups is 2. The SMILES string of the molecule is CCC(C)N(C(=O)COC(=O)c1cccc2ccccc12)C1CCS(=O)(=O)C1. The zero-order chi connectivity index (χ0) is 20.3. The lowest BCUT2D eigenvalue weighted by molar-refractivity contribution is -0.138. The standard InChI is InChI=1S/C21H25NO5S/c1-3-15(2)22(17-11-12-28(25,26)14-17)20(23)13-27-21(24)19-10-6-8-16-7-4-5-9-18(16)19/h4-10,15,17H,3,11-14H2,1-2H3. The van der Waals surface area contributed by atoms with Crippen LogP contribution in [0.15, 0.2) is 42.5 Å². The lowest BCUT2D eigenvalue weighted by Gasteiger charge is -2.33. The number of carbonyl (C=O) groups excluding carboxylic acids is 2. The second kappa shape index (κ2) is 8.31. The van der Waals surface area contributed by atoms with Crippen molar-refractivity contribution in [2.75, 3.05) is 18.1 Å². The summed E-state index contributed by atoms with van der Waals surface area (Å²) in [5.74, 6) is -0.855. The third kappa shape index (κ3) is 4.35. The first kappa shape index (κ1) is 20.3. The van der Waals surface area contributed by atoms with Gasteiger partial charge in [-0.25, -0.2) is 13.2 Å². The summed E-state index contributed by atoms with van der Waals surface area (Å²) in [6.07, 6.45) is 1.12. The zero-order valence-corrected chi connectivity index (χ0v) is 16.9. The molecule has 6 nitrogen and oxygen atoms in total. The van der Waals surface area contributed by atoms with Crippen LogP contribution in [0, 0.1) is 0 Å². The Bertz CT molecular complexity index is 980. The van der Waals surface area contributed by atoms with Crippen LogP contribution >= 0.6 is 0 Å². The molecule has 7 heteroatoms. The van der Waals surface area contributed by atoms with Gasteiger partial charge in [0.15, 0.2) is 16.4 Å². The van der Waals surface area contributed by atoms with Gasteiger partial charge in [0, 0.05) is 12.1 Å². The van der Waals surface area contributed by atoms with Crippen molar-refractivity contribution < 1.29 is 22.7 Å². The minimum absolute atomic E-state index is 0.0274. The molecule has 3 rings (SSSR count). The number of ether oxygens (including phenoxy) is 1. The number of fused-ring (bicyclic) bond motifs is 1. The number of sulfone groups is 1. The third-order valence-corrected chi connectivity index (χ3v) is 7.04. The Hall–Kier alpha value is -2.41. The van der Waals surface area contributed by atoms with Gasteiger partial charge in [-0.15, -0.1) is 0 Å². The quantitative estimate of drug-likeness (QED) is 0.693. The van der Waals surface area contributed by atoms with Crippen molar-refractivity contribution in [3.8, 4) is 0 Å². The van der Waals surface area contributed by atoms with Crippen LogP contribution < -0.4 is 0 Å². The highest BCUT2D eigenvalue weighted by atomic mass is 32.2. The molecule has 2 aromatic rings. The number of rotatable bonds is 6. The zero-order valence-electron chi connectivity index (χ0n) is 16.1. The minimum Gasteiger partial charge on any atom is -0.452 e. The number of nitrogens with zero attached hydrogens (tertiary/aromatic N) is 1. The fourth-order valence-corrected chi connectivity index (χ4v) is 5.40. The molecule has 28 heavy (non-hydrogen) atoms. The van der Waals surface area contributed by atoms with Crippen molar-refractivity contribution in [3.05, 3.63) is 48.0 Å². The Morgan fingerprint density at radius 1 is 1.18 bits per heavy atom. The lowest BCUT2D eigenvalue weighted by atomic mass is 10.0. The van der Waals surface area contributed by atoms with E-state index in [1.807, 2.05) is 44.2 Å². The fourth-order valence-electron chi connectivity index (χ4n) is 3.68. The molecule has 0 N–H and O–H groups in total. The molecule has 1 fully saturated rings. The average molecular weight is 404 g/mol. The molecule has 0 aromatic heterocycles. The number of hydrogen-bond acceptors (Lipinski definition) is 5. The largest absolute Gasteiger partial charge is 0.452 e. The molecule has 2 aromatic carbocycles. The molecule has 2 unspecified atom stereocenters. The first-order valence-corrected chi connectivity index (χ1v) is 11.3. The highest BCUT2D eigenvalue weighted by molar-refractivity contribution is 7.91. The van der Waals surface area contributed by atoms with Crippen molar-refractivity contribution in [2.45, 2.75) is 38.8 Å². The predicted octanol–water partition coefficient (Wildman–Crippen LogP) is 2.81. The summed E-state index contributed by atoms with van der Waals surface area (Å²) in [6.45, 7) is 3.43. The molecule has 0 bridgehead atoms. The summed E-state index contributed by atoms with van der Waals surface area (Å²) in [7, 11) is -3.12. The van der Waals surface area contributed by atoms with Gasteiger partial charge in [0.1, 0.15) is 0 Å². The number of amides is 1. The maximum absolute atomic E-state index is 12.8. The highest BCUT2D eigenvalue weighted by Gasteiger charge is 2.36.